The summed E-state index contributed by atoms with van der Waals surface area (Å²) in [7, 11) is 0. The standard InChI is InChI=1S/C49H29N5.C27H21N5.C11H8O/c1-3-14-34-28-36(22-20-30(34)10-1)44-40-26-24-32-12-5-7-16-38(32)46(40)53-48(51-44)42-18-9-19-43(50-42)49-52-45(37-23-21-31-11-2-4-15-35(31)29-37)41-27-25-33-13-6-8-17-39(33)47(41)54-49;28-26(31-22-14-5-10-18-8-1-3-12-20(18)22)24-16-7-17-25(30-24)27(29)32-23-15-6-11-19-9-2-4-13-21(19)23;12-8-9-5-6-10-3-1-2-4-11(10)7-9/h1-29H;1-17H,(H2,28,31)(H2,29,32);1-8H. The minimum Gasteiger partial charge on any atom is -0.382 e. The van der Waals surface area contributed by atoms with Crippen LogP contribution in [-0.2, 0) is 0 Å². The first-order chi connectivity index (χ1) is 48.3. The molecule has 98 heavy (non-hydrogen) atoms. The fourth-order valence-electron chi connectivity index (χ4n) is 12.7. The molecule has 0 aliphatic rings. The van der Waals surface area contributed by atoms with Crippen LogP contribution in [0, 0.1) is 0 Å². The maximum absolute atomic E-state index is 10.5. The van der Waals surface area contributed by atoms with Gasteiger partial charge in [-0.3, -0.25) is 4.79 Å². The number of nitrogens with two attached hydrogens (primary N) is 2. The van der Waals surface area contributed by atoms with Crippen LogP contribution in [-0.4, -0.2) is 47.9 Å². The van der Waals surface area contributed by atoms with Crippen LogP contribution in [0.5, 0.6) is 0 Å². The number of amidine groups is 2. The van der Waals surface area contributed by atoms with Gasteiger partial charge in [-0.1, -0.05) is 255 Å². The molecule has 0 radical (unpaired) electrons. The van der Waals surface area contributed by atoms with E-state index in [4.69, 9.17) is 36.4 Å². The summed E-state index contributed by atoms with van der Waals surface area (Å²) in [6, 6.07) is 108. The highest BCUT2D eigenvalue weighted by Gasteiger charge is 2.19. The van der Waals surface area contributed by atoms with E-state index < -0.39 is 0 Å². The zero-order valence-corrected chi connectivity index (χ0v) is 52.8. The first-order valence-electron chi connectivity index (χ1n) is 32.2. The highest BCUT2D eigenvalue weighted by atomic mass is 16.1. The lowest BCUT2D eigenvalue weighted by Crippen LogP contribution is -2.20. The molecule has 11 nitrogen and oxygen atoms in total. The molecule has 0 aliphatic carbocycles. The van der Waals surface area contributed by atoms with Crippen molar-refractivity contribution in [3.05, 3.63) is 338 Å². The van der Waals surface area contributed by atoms with Crippen molar-refractivity contribution in [2.75, 3.05) is 0 Å². The van der Waals surface area contributed by atoms with Crippen molar-refractivity contribution >= 4 is 127 Å². The molecule has 4 N–H and O–H groups in total. The van der Waals surface area contributed by atoms with E-state index in [2.05, 4.69) is 173 Å². The fraction of sp³-hybridized carbons (Fsp3) is 0. The monoisotopic (exact) mass is 1260 g/mol. The predicted octanol–water partition coefficient (Wildman–Crippen LogP) is 20.4. The molecular formula is C87H58N10O. The van der Waals surface area contributed by atoms with Gasteiger partial charge in [-0.25, -0.2) is 39.9 Å². The SMILES string of the molecule is NC(=Nc1cccc2ccccc12)c1cccc(C(N)=Nc2cccc3ccccc23)n1.O=Cc1ccc2ccccc2c1.c1cc(-c2nc(-c3ccc4ccccc4c3)c3ccc4ccccc4c3n2)nc(-c2nc(-c3ccc4ccccc4c3)c3ccc4ccccc4c3n2)c1. The number of hydrogen-bond acceptors (Lipinski definition) is 9. The van der Waals surface area contributed by atoms with Gasteiger partial charge in [-0.05, 0) is 121 Å². The van der Waals surface area contributed by atoms with E-state index >= 15 is 0 Å². The van der Waals surface area contributed by atoms with Gasteiger partial charge < -0.3 is 11.5 Å². The number of rotatable bonds is 9. The quantitative estimate of drug-likeness (QED) is 0.0618. The topological polar surface area (TPSA) is 171 Å². The van der Waals surface area contributed by atoms with E-state index in [1.807, 2.05) is 164 Å². The number of nitrogens with zero attached hydrogens (tertiary/aromatic N) is 8. The number of fused-ring (bicyclic) bond motifs is 11. The largest absolute Gasteiger partial charge is 0.382 e. The Balaban J connectivity index is 0.000000143. The van der Waals surface area contributed by atoms with Gasteiger partial charge in [0.1, 0.15) is 40.7 Å². The maximum atomic E-state index is 10.5. The zero-order valence-electron chi connectivity index (χ0n) is 52.8. The smallest absolute Gasteiger partial charge is 0.179 e. The Bertz CT molecular complexity index is 5890. The second-order valence-corrected chi connectivity index (χ2v) is 23.8. The Hall–Kier alpha value is -13.5. The van der Waals surface area contributed by atoms with E-state index in [-0.39, 0.29) is 0 Å². The molecule has 18 rings (SSSR count). The van der Waals surface area contributed by atoms with Crippen LogP contribution >= 0.6 is 0 Å². The average molecular weight is 1260 g/mol. The first-order valence-corrected chi connectivity index (χ1v) is 32.2. The Morgan fingerprint density at radius 3 is 1.07 bits per heavy atom. The third-order valence-electron chi connectivity index (χ3n) is 17.6. The molecule has 0 atom stereocenters. The van der Waals surface area contributed by atoms with Crippen LogP contribution in [0.15, 0.2) is 332 Å². The number of aldehydes is 1. The minimum atomic E-state index is 0.321. The van der Waals surface area contributed by atoms with Crippen molar-refractivity contribution in [2.24, 2.45) is 21.5 Å². The summed E-state index contributed by atoms with van der Waals surface area (Å²) in [5.41, 5.74) is 22.9. The second-order valence-electron chi connectivity index (χ2n) is 23.8. The maximum Gasteiger partial charge on any atom is 0.179 e. The molecule has 4 heterocycles. The van der Waals surface area contributed by atoms with E-state index in [1.54, 1.807) is 0 Å². The van der Waals surface area contributed by atoms with Gasteiger partial charge in [-0.15, -0.1) is 0 Å². The van der Waals surface area contributed by atoms with Gasteiger partial charge in [0.2, 0.25) is 0 Å². The molecule has 14 aromatic carbocycles. The molecule has 0 saturated heterocycles. The number of benzene rings is 14. The second kappa shape index (κ2) is 26.1. The number of aromatic nitrogens is 6. The van der Waals surface area contributed by atoms with Crippen LogP contribution < -0.4 is 11.5 Å². The molecule has 4 aromatic heterocycles. The van der Waals surface area contributed by atoms with E-state index in [1.165, 1.54) is 16.2 Å². The molecule has 462 valence electrons. The predicted molar refractivity (Wildman–Crippen MR) is 404 cm³/mol. The van der Waals surface area contributed by atoms with Crippen LogP contribution in [0.2, 0.25) is 0 Å². The Labute approximate surface area is 563 Å². The molecule has 0 unspecified atom stereocenters. The van der Waals surface area contributed by atoms with Gasteiger partial charge in [0.05, 0.1) is 33.8 Å². The molecule has 0 spiro atoms. The zero-order chi connectivity index (χ0) is 65.9. The Kier molecular flexibility index (Phi) is 15.9. The summed E-state index contributed by atoms with van der Waals surface area (Å²) in [4.78, 5) is 50.5. The third-order valence-corrected chi connectivity index (χ3v) is 17.6. The Morgan fingerprint density at radius 1 is 0.276 bits per heavy atom. The number of aliphatic imine (C=N–C) groups is 2. The summed E-state index contributed by atoms with van der Waals surface area (Å²) in [5.74, 6) is 1.73. The molecular weight excluding hydrogens is 1200 g/mol. The summed E-state index contributed by atoms with van der Waals surface area (Å²) in [6.07, 6.45) is 0.867. The highest BCUT2D eigenvalue weighted by molar-refractivity contribution is 6.12. The molecule has 0 aliphatic heterocycles. The first kappa shape index (κ1) is 59.5. The van der Waals surface area contributed by atoms with Crippen molar-refractivity contribution < 1.29 is 4.79 Å². The van der Waals surface area contributed by atoms with Crippen molar-refractivity contribution in [2.45, 2.75) is 0 Å². The normalized spacial score (nSPS) is 11.7. The molecule has 0 fully saturated rings. The Morgan fingerprint density at radius 2 is 0.622 bits per heavy atom. The lowest BCUT2D eigenvalue weighted by atomic mass is 9.99. The van der Waals surface area contributed by atoms with E-state index in [9.17, 15) is 4.79 Å². The summed E-state index contributed by atoms with van der Waals surface area (Å²) in [6.45, 7) is 0. The number of hydrogen-bond donors (Lipinski definition) is 2. The van der Waals surface area contributed by atoms with Gasteiger partial charge in [0, 0.05) is 49.0 Å². The third kappa shape index (κ3) is 11.9. The van der Waals surface area contributed by atoms with Crippen LogP contribution in [0.4, 0.5) is 11.4 Å². The number of pyridine rings is 2. The summed E-state index contributed by atoms with van der Waals surface area (Å²) >= 11 is 0. The van der Waals surface area contributed by atoms with Crippen LogP contribution in [0.1, 0.15) is 21.7 Å². The average Bonchev–Trinajstić information content (AvgIpc) is 0.760. The molecule has 11 heteroatoms. The van der Waals surface area contributed by atoms with Crippen molar-refractivity contribution in [3.8, 4) is 45.6 Å². The summed E-state index contributed by atoms with van der Waals surface area (Å²) in [5, 5.41) is 17.6. The lowest BCUT2D eigenvalue weighted by molar-refractivity contribution is 0.112. The van der Waals surface area contributed by atoms with E-state index in [0.717, 1.165) is 127 Å². The van der Waals surface area contributed by atoms with Gasteiger partial charge in [0.25, 0.3) is 0 Å². The molecule has 18 aromatic rings. The molecule has 0 amide bonds. The van der Waals surface area contributed by atoms with Crippen molar-refractivity contribution in [3.63, 3.8) is 0 Å². The van der Waals surface area contributed by atoms with Gasteiger partial charge in [-0.2, -0.15) is 0 Å². The van der Waals surface area contributed by atoms with Gasteiger partial charge >= 0.3 is 0 Å². The molecule has 0 bridgehead atoms. The van der Waals surface area contributed by atoms with Crippen LogP contribution in [0.3, 0.4) is 0 Å². The van der Waals surface area contributed by atoms with Crippen molar-refractivity contribution in [1.29, 1.82) is 0 Å². The molecule has 0 saturated carbocycles. The van der Waals surface area contributed by atoms with Gasteiger partial charge in [0.15, 0.2) is 11.6 Å². The highest BCUT2D eigenvalue weighted by Crippen LogP contribution is 2.38. The fourth-order valence-corrected chi connectivity index (χ4v) is 12.7. The lowest BCUT2D eigenvalue weighted by Gasteiger charge is -2.13. The van der Waals surface area contributed by atoms with E-state index in [0.29, 0.717) is 46.1 Å². The number of carbonyl (C=O) groups excluding carboxylic acids is 1. The number of carbonyl (C=O) groups is 1. The van der Waals surface area contributed by atoms with Crippen molar-refractivity contribution in [1.82, 2.24) is 29.9 Å². The summed E-state index contributed by atoms with van der Waals surface area (Å²) < 4.78 is 0. The minimum absolute atomic E-state index is 0.321. The van der Waals surface area contributed by atoms with Crippen LogP contribution in [0.25, 0.3) is 143 Å².